The second-order valence-electron chi connectivity index (χ2n) is 5.33. The van der Waals surface area contributed by atoms with Gasteiger partial charge in [0.2, 0.25) is 0 Å². The maximum Gasteiger partial charge on any atom is 0.123 e. The third-order valence-electron chi connectivity index (χ3n) is 3.75. The quantitative estimate of drug-likeness (QED) is 0.840. The minimum atomic E-state index is -0.223. The van der Waals surface area contributed by atoms with E-state index >= 15 is 0 Å². The highest BCUT2D eigenvalue weighted by molar-refractivity contribution is 5.30. The Morgan fingerprint density at radius 2 is 1.67 bits per heavy atom. The van der Waals surface area contributed by atoms with Crippen molar-refractivity contribution in [2.24, 2.45) is 0 Å². The molecule has 0 spiro atoms. The molecule has 112 valence electrons. The number of rotatable bonds is 6. The first kappa shape index (κ1) is 15.6. The van der Waals surface area contributed by atoms with Gasteiger partial charge in [-0.25, -0.2) is 8.78 Å². The molecule has 0 aliphatic carbocycles. The average molecular weight is 289 g/mol. The zero-order chi connectivity index (χ0) is 15.2. The van der Waals surface area contributed by atoms with Gasteiger partial charge in [0.25, 0.3) is 0 Å². The van der Waals surface area contributed by atoms with Crippen LogP contribution in [0.4, 0.5) is 8.78 Å². The van der Waals surface area contributed by atoms with Gasteiger partial charge in [0.15, 0.2) is 0 Å². The van der Waals surface area contributed by atoms with Gasteiger partial charge < -0.3 is 5.32 Å². The first-order chi connectivity index (χ1) is 10.1. The van der Waals surface area contributed by atoms with Crippen LogP contribution in [0.1, 0.15) is 29.5 Å². The summed E-state index contributed by atoms with van der Waals surface area (Å²) in [6.07, 6.45) is 0.810. The van der Waals surface area contributed by atoms with Crippen molar-refractivity contribution in [2.75, 3.05) is 13.1 Å². The van der Waals surface area contributed by atoms with Gasteiger partial charge in [0.1, 0.15) is 11.6 Å². The first-order valence-electron chi connectivity index (χ1n) is 7.31. The molecule has 21 heavy (non-hydrogen) atoms. The monoisotopic (exact) mass is 289 g/mol. The molecular weight excluding hydrogens is 268 g/mol. The van der Waals surface area contributed by atoms with Crippen LogP contribution in [0, 0.1) is 18.6 Å². The van der Waals surface area contributed by atoms with E-state index in [2.05, 4.69) is 12.2 Å². The van der Waals surface area contributed by atoms with Gasteiger partial charge in [-0.05, 0) is 60.8 Å². The molecule has 0 saturated carbocycles. The van der Waals surface area contributed by atoms with Crippen molar-refractivity contribution in [1.29, 1.82) is 0 Å². The fourth-order valence-electron chi connectivity index (χ4n) is 2.52. The van der Waals surface area contributed by atoms with Crippen LogP contribution >= 0.6 is 0 Å². The van der Waals surface area contributed by atoms with Gasteiger partial charge in [-0.3, -0.25) is 0 Å². The van der Waals surface area contributed by atoms with Crippen molar-refractivity contribution < 1.29 is 8.78 Å². The van der Waals surface area contributed by atoms with Gasteiger partial charge in [0, 0.05) is 12.5 Å². The van der Waals surface area contributed by atoms with E-state index in [4.69, 9.17) is 0 Å². The molecule has 1 nitrogen and oxygen atoms in total. The molecule has 3 heteroatoms. The molecule has 2 aromatic carbocycles. The lowest BCUT2D eigenvalue weighted by atomic mass is 9.90. The molecular formula is C18H21F2N. The van der Waals surface area contributed by atoms with E-state index in [9.17, 15) is 8.78 Å². The van der Waals surface area contributed by atoms with Gasteiger partial charge in [-0.1, -0.05) is 25.1 Å². The van der Waals surface area contributed by atoms with Crippen LogP contribution in [0.2, 0.25) is 0 Å². The fourth-order valence-corrected chi connectivity index (χ4v) is 2.52. The first-order valence-corrected chi connectivity index (χ1v) is 7.31. The van der Waals surface area contributed by atoms with Gasteiger partial charge >= 0.3 is 0 Å². The molecule has 2 aromatic rings. The summed E-state index contributed by atoms with van der Waals surface area (Å²) in [4.78, 5) is 0. The Morgan fingerprint density at radius 1 is 1.00 bits per heavy atom. The van der Waals surface area contributed by atoms with Gasteiger partial charge in [-0.2, -0.15) is 0 Å². The second kappa shape index (κ2) is 7.32. The average Bonchev–Trinajstić information content (AvgIpc) is 2.46. The highest BCUT2D eigenvalue weighted by atomic mass is 19.1. The number of halogens is 2. The number of likely N-dealkylation sites (N-methyl/N-ethyl adjacent to an activating group) is 1. The third-order valence-corrected chi connectivity index (χ3v) is 3.75. The Labute approximate surface area is 125 Å². The largest absolute Gasteiger partial charge is 0.316 e. The maximum absolute atomic E-state index is 13.2. The van der Waals surface area contributed by atoms with E-state index in [1.165, 1.54) is 18.2 Å². The number of hydrogen-bond donors (Lipinski definition) is 1. The van der Waals surface area contributed by atoms with E-state index in [1.54, 1.807) is 6.07 Å². The summed E-state index contributed by atoms with van der Waals surface area (Å²) < 4.78 is 26.3. The van der Waals surface area contributed by atoms with Crippen molar-refractivity contribution in [3.05, 3.63) is 70.8 Å². The predicted molar refractivity (Wildman–Crippen MR) is 82.5 cm³/mol. The van der Waals surface area contributed by atoms with Crippen molar-refractivity contribution >= 4 is 0 Å². The molecule has 0 heterocycles. The van der Waals surface area contributed by atoms with Crippen molar-refractivity contribution in [3.63, 3.8) is 0 Å². The standard InChI is InChI=1S/C18H21F2N/c1-3-21-12-16(14-4-7-17(19)8-5-14)11-15-6-9-18(20)10-13(15)2/h4-10,16,21H,3,11-12H2,1-2H3. The predicted octanol–water partition coefficient (Wildman–Crippen LogP) is 4.21. The highest BCUT2D eigenvalue weighted by Crippen LogP contribution is 2.23. The van der Waals surface area contributed by atoms with E-state index in [0.29, 0.717) is 0 Å². The van der Waals surface area contributed by atoms with Crippen LogP contribution in [0.25, 0.3) is 0 Å². The number of nitrogens with one attached hydrogen (secondary N) is 1. The minimum Gasteiger partial charge on any atom is -0.316 e. The lowest BCUT2D eigenvalue weighted by Crippen LogP contribution is -2.23. The van der Waals surface area contributed by atoms with Crippen LogP contribution < -0.4 is 5.32 Å². The summed E-state index contributed by atoms with van der Waals surface area (Å²) >= 11 is 0. The molecule has 2 rings (SSSR count). The Hall–Kier alpha value is -1.74. The SMILES string of the molecule is CCNCC(Cc1ccc(F)cc1C)c1ccc(F)cc1. The van der Waals surface area contributed by atoms with Crippen LogP contribution in [0.5, 0.6) is 0 Å². The zero-order valence-corrected chi connectivity index (χ0v) is 12.5. The van der Waals surface area contributed by atoms with E-state index in [0.717, 1.165) is 36.2 Å². The molecule has 0 aliphatic heterocycles. The van der Waals surface area contributed by atoms with E-state index in [1.807, 2.05) is 25.1 Å². The second-order valence-corrected chi connectivity index (χ2v) is 5.33. The van der Waals surface area contributed by atoms with Crippen molar-refractivity contribution in [3.8, 4) is 0 Å². The Bertz CT molecular complexity index is 578. The Kier molecular flexibility index (Phi) is 5.45. The Morgan fingerprint density at radius 3 is 2.29 bits per heavy atom. The molecule has 1 N–H and O–H groups in total. The van der Waals surface area contributed by atoms with Crippen LogP contribution in [0.3, 0.4) is 0 Å². The number of aryl methyl sites for hydroxylation is 1. The van der Waals surface area contributed by atoms with Crippen molar-refractivity contribution in [1.82, 2.24) is 5.32 Å². The van der Waals surface area contributed by atoms with Crippen LogP contribution in [-0.2, 0) is 6.42 Å². The molecule has 0 aliphatic rings. The lowest BCUT2D eigenvalue weighted by molar-refractivity contribution is 0.586. The normalized spacial score (nSPS) is 12.4. The zero-order valence-electron chi connectivity index (χ0n) is 12.5. The Balaban J connectivity index is 2.21. The van der Waals surface area contributed by atoms with E-state index in [-0.39, 0.29) is 17.6 Å². The van der Waals surface area contributed by atoms with E-state index < -0.39 is 0 Å². The molecule has 0 saturated heterocycles. The number of benzene rings is 2. The van der Waals surface area contributed by atoms with Crippen LogP contribution in [0.15, 0.2) is 42.5 Å². The smallest absolute Gasteiger partial charge is 0.123 e. The minimum absolute atomic E-state index is 0.207. The number of hydrogen-bond acceptors (Lipinski definition) is 1. The van der Waals surface area contributed by atoms with Gasteiger partial charge in [-0.15, -0.1) is 0 Å². The molecule has 0 fully saturated rings. The summed E-state index contributed by atoms with van der Waals surface area (Å²) in [5, 5.41) is 3.34. The summed E-state index contributed by atoms with van der Waals surface area (Å²) in [5.41, 5.74) is 3.18. The maximum atomic E-state index is 13.2. The third kappa shape index (κ3) is 4.36. The molecule has 0 aromatic heterocycles. The fraction of sp³-hybridized carbons (Fsp3) is 0.333. The lowest BCUT2D eigenvalue weighted by Gasteiger charge is -2.19. The topological polar surface area (TPSA) is 12.0 Å². The summed E-state index contributed by atoms with van der Waals surface area (Å²) in [7, 11) is 0. The van der Waals surface area contributed by atoms with Crippen molar-refractivity contribution in [2.45, 2.75) is 26.2 Å². The van der Waals surface area contributed by atoms with Gasteiger partial charge in [0.05, 0.1) is 0 Å². The highest BCUT2D eigenvalue weighted by Gasteiger charge is 2.14. The molecule has 0 amide bonds. The van der Waals surface area contributed by atoms with Crippen LogP contribution in [-0.4, -0.2) is 13.1 Å². The molecule has 0 radical (unpaired) electrons. The summed E-state index contributed by atoms with van der Waals surface area (Å²) in [6, 6.07) is 11.5. The molecule has 1 unspecified atom stereocenters. The summed E-state index contributed by atoms with van der Waals surface area (Å²) in [6.45, 7) is 5.69. The molecule has 1 atom stereocenters. The molecule has 0 bridgehead atoms. The summed E-state index contributed by atoms with van der Waals surface area (Å²) in [5.74, 6) is -0.185.